The zero-order valence-electron chi connectivity index (χ0n) is 15.2. The highest BCUT2D eigenvalue weighted by atomic mass is 16.1. The third-order valence-electron chi connectivity index (χ3n) is 4.34. The average Bonchev–Trinajstić information content (AvgIpc) is 2.75. The van der Waals surface area contributed by atoms with Gasteiger partial charge in [0.2, 0.25) is 0 Å². The lowest BCUT2D eigenvalue weighted by atomic mass is 10.1. The Morgan fingerprint density at radius 1 is 0.893 bits per heavy atom. The van der Waals surface area contributed by atoms with Gasteiger partial charge in [-0.25, -0.2) is 9.97 Å². The predicted molar refractivity (Wildman–Crippen MR) is 110 cm³/mol. The number of rotatable bonds is 6. The van der Waals surface area contributed by atoms with Crippen LogP contribution in [0.1, 0.15) is 16.1 Å². The van der Waals surface area contributed by atoms with E-state index in [-0.39, 0.29) is 5.91 Å². The Bertz CT molecular complexity index is 1090. The first-order chi connectivity index (χ1) is 13.8. The van der Waals surface area contributed by atoms with Crippen LogP contribution >= 0.6 is 0 Å². The highest BCUT2D eigenvalue weighted by Crippen LogP contribution is 2.23. The molecule has 138 valence electrons. The second kappa shape index (κ2) is 8.26. The van der Waals surface area contributed by atoms with Crippen molar-refractivity contribution in [2.45, 2.75) is 6.42 Å². The van der Waals surface area contributed by atoms with Gasteiger partial charge in [-0.2, -0.15) is 0 Å². The van der Waals surface area contributed by atoms with Gasteiger partial charge in [0.1, 0.15) is 17.8 Å². The molecule has 0 radical (unpaired) electrons. The molecule has 0 spiro atoms. The molecular formula is C22H19N5O. The fraction of sp³-hybridized carbons (Fsp3) is 0.0909. The molecule has 0 unspecified atom stereocenters. The normalized spacial score (nSPS) is 10.6. The SMILES string of the molecule is O=C(NCCc1ccccc1)c1cc(Nc2cccc3cccnc23)ncn1. The smallest absolute Gasteiger partial charge is 0.270 e. The molecule has 2 N–H and O–H groups in total. The second-order valence-electron chi connectivity index (χ2n) is 6.29. The number of nitrogens with zero attached hydrogens (tertiary/aromatic N) is 3. The van der Waals surface area contributed by atoms with Crippen LogP contribution in [0.15, 0.2) is 79.3 Å². The van der Waals surface area contributed by atoms with Gasteiger partial charge < -0.3 is 10.6 Å². The van der Waals surface area contributed by atoms with Crippen molar-refractivity contribution in [3.8, 4) is 0 Å². The molecule has 0 saturated heterocycles. The van der Waals surface area contributed by atoms with E-state index < -0.39 is 0 Å². The maximum absolute atomic E-state index is 12.4. The van der Waals surface area contributed by atoms with Gasteiger partial charge >= 0.3 is 0 Å². The molecule has 0 atom stereocenters. The maximum Gasteiger partial charge on any atom is 0.270 e. The van der Waals surface area contributed by atoms with Crippen LogP contribution in [0.4, 0.5) is 11.5 Å². The molecule has 4 rings (SSSR count). The number of carbonyl (C=O) groups excluding carboxylic acids is 1. The van der Waals surface area contributed by atoms with Gasteiger partial charge in [-0.05, 0) is 24.1 Å². The fourth-order valence-corrected chi connectivity index (χ4v) is 2.95. The molecule has 0 aliphatic carbocycles. The third-order valence-corrected chi connectivity index (χ3v) is 4.34. The number of aromatic nitrogens is 3. The summed E-state index contributed by atoms with van der Waals surface area (Å²) >= 11 is 0. The topological polar surface area (TPSA) is 79.8 Å². The van der Waals surface area contributed by atoms with Crippen LogP contribution < -0.4 is 10.6 Å². The lowest BCUT2D eigenvalue weighted by molar-refractivity contribution is 0.0949. The quantitative estimate of drug-likeness (QED) is 0.541. The molecule has 0 saturated carbocycles. The standard InChI is InChI=1S/C22H19N5O/c28-22(24-13-11-16-6-2-1-3-7-16)19-14-20(26-15-25-19)27-18-10-4-8-17-9-5-12-23-21(17)18/h1-10,12,14-15H,11,13H2,(H,24,28)(H,25,26,27). The molecule has 0 bridgehead atoms. The van der Waals surface area contributed by atoms with E-state index in [4.69, 9.17) is 0 Å². The lowest BCUT2D eigenvalue weighted by Gasteiger charge is -2.09. The number of benzene rings is 2. The minimum Gasteiger partial charge on any atom is -0.350 e. The number of nitrogens with one attached hydrogen (secondary N) is 2. The summed E-state index contributed by atoms with van der Waals surface area (Å²) in [4.78, 5) is 25.1. The van der Waals surface area contributed by atoms with Crippen LogP contribution in [0.5, 0.6) is 0 Å². The first kappa shape index (κ1) is 17.6. The third kappa shape index (κ3) is 4.12. The van der Waals surface area contributed by atoms with Crippen molar-refractivity contribution in [1.29, 1.82) is 0 Å². The van der Waals surface area contributed by atoms with Crippen molar-refractivity contribution in [3.05, 3.63) is 90.5 Å². The molecule has 6 heteroatoms. The molecule has 0 aliphatic rings. The van der Waals surface area contributed by atoms with E-state index in [1.807, 2.05) is 60.7 Å². The van der Waals surface area contributed by atoms with Crippen molar-refractivity contribution in [2.24, 2.45) is 0 Å². The molecule has 6 nitrogen and oxygen atoms in total. The van der Waals surface area contributed by atoms with Gasteiger partial charge in [0, 0.05) is 24.2 Å². The first-order valence-corrected chi connectivity index (χ1v) is 9.04. The van der Waals surface area contributed by atoms with E-state index in [0.29, 0.717) is 18.1 Å². The van der Waals surface area contributed by atoms with Gasteiger partial charge in [0.25, 0.3) is 5.91 Å². The molecule has 2 aromatic carbocycles. The number of carbonyl (C=O) groups is 1. The second-order valence-corrected chi connectivity index (χ2v) is 6.29. The maximum atomic E-state index is 12.4. The van der Waals surface area contributed by atoms with Gasteiger partial charge in [-0.15, -0.1) is 0 Å². The molecule has 2 aromatic heterocycles. The van der Waals surface area contributed by atoms with Crippen molar-refractivity contribution in [1.82, 2.24) is 20.3 Å². The van der Waals surface area contributed by atoms with Crippen molar-refractivity contribution < 1.29 is 4.79 Å². The molecule has 4 aromatic rings. The molecule has 0 fully saturated rings. The Kier molecular flexibility index (Phi) is 5.20. The summed E-state index contributed by atoms with van der Waals surface area (Å²) in [6, 6.07) is 21.4. The van der Waals surface area contributed by atoms with Crippen molar-refractivity contribution in [3.63, 3.8) is 0 Å². The first-order valence-electron chi connectivity index (χ1n) is 9.04. The number of fused-ring (bicyclic) bond motifs is 1. The van der Waals surface area contributed by atoms with Crippen LogP contribution in [-0.2, 0) is 6.42 Å². The highest BCUT2D eigenvalue weighted by molar-refractivity contribution is 5.94. The van der Waals surface area contributed by atoms with E-state index in [1.165, 1.54) is 11.9 Å². The van der Waals surface area contributed by atoms with Crippen LogP contribution in [-0.4, -0.2) is 27.4 Å². The van der Waals surface area contributed by atoms with Crippen LogP contribution in [0.25, 0.3) is 10.9 Å². The summed E-state index contributed by atoms with van der Waals surface area (Å²) in [5.41, 5.74) is 3.17. The van der Waals surface area contributed by atoms with Crippen molar-refractivity contribution in [2.75, 3.05) is 11.9 Å². The number of pyridine rings is 1. The summed E-state index contributed by atoms with van der Waals surface area (Å²) in [7, 11) is 0. The monoisotopic (exact) mass is 369 g/mol. The molecule has 2 heterocycles. The van der Waals surface area contributed by atoms with Gasteiger partial charge in [-0.3, -0.25) is 9.78 Å². The lowest BCUT2D eigenvalue weighted by Crippen LogP contribution is -2.26. The zero-order chi connectivity index (χ0) is 19.2. The summed E-state index contributed by atoms with van der Waals surface area (Å²) in [6.45, 7) is 0.544. The van der Waals surface area contributed by atoms with Crippen molar-refractivity contribution >= 4 is 28.3 Å². The minimum atomic E-state index is -0.225. The zero-order valence-corrected chi connectivity index (χ0v) is 15.2. The van der Waals surface area contributed by atoms with Crippen LogP contribution in [0.3, 0.4) is 0 Å². The summed E-state index contributed by atoms with van der Waals surface area (Å²) in [6.07, 6.45) is 3.90. The Labute approximate surface area is 162 Å². The van der Waals surface area contributed by atoms with Crippen LogP contribution in [0, 0.1) is 0 Å². The van der Waals surface area contributed by atoms with Gasteiger partial charge in [0.05, 0.1) is 11.2 Å². The van der Waals surface area contributed by atoms with E-state index >= 15 is 0 Å². The Morgan fingerprint density at radius 2 is 1.75 bits per heavy atom. The van der Waals surface area contributed by atoms with Gasteiger partial charge in [-0.1, -0.05) is 48.5 Å². The summed E-state index contributed by atoms with van der Waals surface area (Å²) in [5, 5.41) is 7.16. The average molecular weight is 369 g/mol. The fourth-order valence-electron chi connectivity index (χ4n) is 2.95. The number of amides is 1. The largest absolute Gasteiger partial charge is 0.350 e. The van der Waals surface area contributed by atoms with E-state index in [9.17, 15) is 4.79 Å². The predicted octanol–water partition coefficient (Wildman–Crippen LogP) is 3.74. The Hall–Kier alpha value is -3.80. The molecular weight excluding hydrogens is 350 g/mol. The molecule has 28 heavy (non-hydrogen) atoms. The van der Waals surface area contributed by atoms with Crippen LogP contribution in [0.2, 0.25) is 0 Å². The number of para-hydroxylation sites is 1. The number of anilines is 2. The molecule has 0 aliphatic heterocycles. The summed E-state index contributed by atoms with van der Waals surface area (Å²) in [5.74, 6) is 0.318. The minimum absolute atomic E-state index is 0.225. The highest BCUT2D eigenvalue weighted by Gasteiger charge is 2.09. The Morgan fingerprint density at radius 3 is 2.64 bits per heavy atom. The Balaban J connectivity index is 1.44. The summed E-state index contributed by atoms with van der Waals surface area (Å²) < 4.78 is 0. The van der Waals surface area contributed by atoms with E-state index in [2.05, 4.69) is 25.6 Å². The molecule has 1 amide bonds. The van der Waals surface area contributed by atoms with Gasteiger partial charge in [0.15, 0.2) is 0 Å². The van der Waals surface area contributed by atoms with E-state index in [0.717, 1.165) is 23.0 Å². The number of hydrogen-bond acceptors (Lipinski definition) is 5. The van der Waals surface area contributed by atoms with E-state index in [1.54, 1.807) is 12.3 Å². The number of hydrogen-bond donors (Lipinski definition) is 2.